The minimum absolute atomic E-state index is 0.0164. The molecule has 0 saturated heterocycles. The molecule has 15 heavy (non-hydrogen) atoms. The summed E-state index contributed by atoms with van der Waals surface area (Å²) < 4.78 is 0. The van der Waals surface area contributed by atoms with Gasteiger partial charge in [-0.15, -0.1) is 0 Å². The van der Waals surface area contributed by atoms with Gasteiger partial charge < -0.3 is 10.1 Å². The van der Waals surface area contributed by atoms with Crippen molar-refractivity contribution < 1.29 is 14.7 Å². The molecule has 0 unspecified atom stereocenters. The van der Waals surface area contributed by atoms with Crippen LogP contribution in [-0.2, 0) is 11.2 Å². The molecule has 0 amide bonds. The Kier molecular flexibility index (Phi) is 3.29. The lowest BCUT2D eigenvalue weighted by Crippen LogP contribution is -2.03. The van der Waals surface area contributed by atoms with Gasteiger partial charge in [-0.05, 0) is 32.8 Å². The highest BCUT2D eigenvalue weighted by Gasteiger charge is 2.16. The van der Waals surface area contributed by atoms with Crippen molar-refractivity contribution in [1.29, 1.82) is 0 Å². The number of hydrogen-bond donors (Lipinski definition) is 2. The van der Waals surface area contributed by atoms with Crippen LogP contribution in [0.25, 0.3) is 0 Å². The van der Waals surface area contributed by atoms with Crippen molar-refractivity contribution in [2.75, 3.05) is 0 Å². The maximum absolute atomic E-state index is 11.4. The first kappa shape index (κ1) is 11.5. The van der Waals surface area contributed by atoms with Crippen molar-refractivity contribution in [3.63, 3.8) is 0 Å². The van der Waals surface area contributed by atoms with Gasteiger partial charge in [0, 0.05) is 23.4 Å². The van der Waals surface area contributed by atoms with Gasteiger partial charge in [-0.1, -0.05) is 0 Å². The van der Waals surface area contributed by atoms with Crippen LogP contribution in [0.4, 0.5) is 0 Å². The monoisotopic (exact) mass is 209 g/mol. The molecule has 0 aliphatic rings. The Morgan fingerprint density at radius 1 is 1.27 bits per heavy atom. The van der Waals surface area contributed by atoms with Gasteiger partial charge in [0.05, 0.1) is 0 Å². The molecule has 0 aromatic carbocycles. The SMILES string of the molecule is CC(=O)c1c(C)[nH]c(C)c1CCC(=O)O. The molecule has 0 radical (unpaired) electrons. The molecular weight excluding hydrogens is 194 g/mol. The molecule has 0 atom stereocenters. The van der Waals surface area contributed by atoms with E-state index >= 15 is 0 Å². The van der Waals surface area contributed by atoms with E-state index in [0.29, 0.717) is 12.0 Å². The van der Waals surface area contributed by atoms with Crippen LogP contribution in [0.15, 0.2) is 0 Å². The van der Waals surface area contributed by atoms with E-state index < -0.39 is 5.97 Å². The van der Waals surface area contributed by atoms with Crippen LogP contribution in [-0.4, -0.2) is 21.8 Å². The molecule has 0 bridgehead atoms. The van der Waals surface area contributed by atoms with E-state index in [1.165, 1.54) is 6.92 Å². The number of aliphatic carboxylic acids is 1. The first-order chi connectivity index (χ1) is 6.93. The Morgan fingerprint density at radius 2 is 1.87 bits per heavy atom. The Bertz CT molecular complexity index is 404. The van der Waals surface area contributed by atoms with E-state index in [9.17, 15) is 9.59 Å². The number of rotatable bonds is 4. The van der Waals surface area contributed by atoms with E-state index in [4.69, 9.17) is 5.11 Å². The van der Waals surface area contributed by atoms with Gasteiger partial charge >= 0.3 is 5.97 Å². The summed E-state index contributed by atoms with van der Waals surface area (Å²) in [6.07, 6.45) is 0.457. The van der Waals surface area contributed by atoms with Gasteiger partial charge in [-0.2, -0.15) is 0 Å². The largest absolute Gasteiger partial charge is 0.481 e. The molecule has 4 heteroatoms. The number of nitrogens with one attached hydrogen (secondary N) is 1. The van der Waals surface area contributed by atoms with Crippen LogP contribution in [0.3, 0.4) is 0 Å². The van der Waals surface area contributed by atoms with E-state index in [0.717, 1.165) is 17.0 Å². The highest BCUT2D eigenvalue weighted by molar-refractivity contribution is 5.97. The van der Waals surface area contributed by atoms with Crippen molar-refractivity contribution in [1.82, 2.24) is 4.98 Å². The zero-order valence-corrected chi connectivity index (χ0v) is 9.18. The number of aromatic nitrogens is 1. The summed E-state index contributed by atoms with van der Waals surface area (Å²) in [4.78, 5) is 24.9. The van der Waals surface area contributed by atoms with Crippen molar-refractivity contribution in [3.8, 4) is 0 Å². The maximum atomic E-state index is 11.4. The number of carbonyl (C=O) groups is 2. The zero-order valence-electron chi connectivity index (χ0n) is 9.18. The van der Waals surface area contributed by atoms with E-state index in [2.05, 4.69) is 4.98 Å². The number of hydrogen-bond acceptors (Lipinski definition) is 2. The average molecular weight is 209 g/mol. The smallest absolute Gasteiger partial charge is 0.303 e. The summed E-state index contributed by atoms with van der Waals surface area (Å²) in [6, 6.07) is 0. The predicted molar refractivity (Wildman–Crippen MR) is 56.2 cm³/mol. The number of ketones is 1. The maximum Gasteiger partial charge on any atom is 0.303 e. The number of carbonyl (C=O) groups excluding carboxylic acids is 1. The molecule has 1 rings (SSSR count). The Labute approximate surface area is 88.3 Å². The number of aryl methyl sites for hydroxylation is 2. The van der Waals surface area contributed by atoms with Crippen LogP contribution in [0.1, 0.15) is 40.7 Å². The van der Waals surface area contributed by atoms with Gasteiger partial charge in [-0.25, -0.2) is 0 Å². The number of H-pyrrole nitrogens is 1. The number of carboxylic acids is 1. The zero-order chi connectivity index (χ0) is 11.6. The molecular formula is C11H15NO3. The van der Waals surface area contributed by atoms with Crippen molar-refractivity contribution in [2.45, 2.75) is 33.6 Å². The van der Waals surface area contributed by atoms with Gasteiger partial charge in [0.15, 0.2) is 5.78 Å². The highest BCUT2D eigenvalue weighted by atomic mass is 16.4. The third-order valence-electron chi connectivity index (χ3n) is 2.45. The second-order valence-corrected chi connectivity index (χ2v) is 3.68. The quantitative estimate of drug-likeness (QED) is 0.743. The topological polar surface area (TPSA) is 70.2 Å². The fraction of sp³-hybridized carbons (Fsp3) is 0.455. The predicted octanol–water partition coefficient (Wildman–Crippen LogP) is 1.85. The number of Topliss-reactive ketones (excluding diaryl/α,β-unsaturated/α-hetero) is 1. The average Bonchev–Trinajstić information content (AvgIpc) is 2.37. The third-order valence-corrected chi connectivity index (χ3v) is 2.45. The molecule has 82 valence electrons. The van der Waals surface area contributed by atoms with Gasteiger partial charge in [0.25, 0.3) is 0 Å². The Balaban J connectivity index is 3.04. The second-order valence-electron chi connectivity index (χ2n) is 3.68. The summed E-state index contributed by atoms with van der Waals surface area (Å²) in [6.45, 7) is 5.19. The number of aromatic amines is 1. The minimum atomic E-state index is -0.845. The lowest BCUT2D eigenvalue weighted by Gasteiger charge is -2.01. The standard InChI is InChI=1S/C11H15NO3/c1-6-9(4-5-10(14)15)11(8(3)13)7(2)12-6/h12H,4-5H2,1-3H3,(H,14,15). The molecule has 0 fully saturated rings. The molecule has 1 aromatic heterocycles. The molecule has 0 aliphatic carbocycles. The normalized spacial score (nSPS) is 10.3. The van der Waals surface area contributed by atoms with Crippen LogP contribution < -0.4 is 0 Å². The molecule has 0 saturated carbocycles. The van der Waals surface area contributed by atoms with Gasteiger partial charge in [-0.3, -0.25) is 9.59 Å². The summed E-state index contributed by atoms with van der Waals surface area (Å²) in [5.74, 6) is -0.861. The summed E-state index contributed by atoms with van der Waals surface area (Å²) in [7, 11) is 0. The Hall–Kier alpha value is -1.58. The van der Waals surface area contributed by atoms with E-state index in [1.807, 2.05) is 13.8 Å². The van der Waals surface area contributed by atoms with E-state index in [1.54, 1.807) is 0 Å². The van der Waals surface area contributed by atoms with Crippen LogP contribution in [0.2, 0.25) is 0 Å². The molecule has 1 aromatic rings. The lowest BCUT2D eigenvalue weighted by molar-refractivity contribution is -0.136. The highest BCUT2D eigenvalue weighted by Crippen LogP contribution is 2.20. The number of carboxylic acid groups (broad SMARTS) is 1. The fourth-order valence-corrected chi connectivity index (χ4v) is 1.85. The van der Waals surface area contributed by atoms with Gasteiger partial charge in [0.2, 0.25) is 0 Å². The molecule has 2 N–H and O–H groups in total. The molecule has 4 nitrogen and oxygen atoms in total. The van der Waals surface area contributed by atoms with Crippen molar-refractivity contribution >= 4 is 11.8 Å². The van der Waals surface area contributed by atoms with Crippen molar-refractivity contribution in [3.05, 3.63) is 22.5 Å². The second kappa shape index (κ2) is 4.29. The van der Waals surface area contributed by atoms with E-state index in [-0.39, 0.29) is 12.2 Å². The summed E-state index contributed by atoms with van der Waals surface area (Å²) >= 11 is 0. The van der Waals surface area contributed by atoms with Crippen molar-refractivity contribution in [2.24, 2.45) is 0 Å². The molecule has 0 aliphatic heterocycles. The minimum Gasteiger partial charge on any atom is -0.481 e. The molecule has 1 heterocycles. The fourth-order valence-electron chi connectivity index (χ4n) is 1.85. The van der Waals surface area contributed by atoms with Crippen LogP contribution in [0, 0.1) is 13.8 Å². The van der Waals surface area contributed by atoms with Crippen LogP contribution >= 0.6 is 0 Å². The Morgan fingerprint density at radius 3 is 2.33 bits per heavy atom. The molecule has 0 spiro atoms. The van der Waals surface area contributed by atoms with Crippen LogP contribution in [0.5, 0.6) is 0 Å². The third kappa shape index (κ3) is 2.46. The first-order valence-electron chi connectivity index (χ1n) is 4.84. The summed E-state index contributed by atoms with van der Waals surface area (Å²) in [5.41, 5.74) is 3.19. The first-order valence-corrected chi connectivity index (χ1v) is 4.84. The summed E-state index contributed by atoms with van der Waals surface area (Å²) in [5, 5.41) is 8.61. The van der Waals surface area contributed by atoms with Gasteiger partial charge in [0.1, 0.15) is 0 Å². The lowest BCUT2D eigenvalue weighted by atomic mass is 10.0.